The van der Waals surface area contributed by atoms with Gasteiger partial charge in [-0.3, -0.25) is 9.69 Å². The molecule has 1 unspecified atom stereocenters. The predicted octanol–water partition coefficient (Wildman–Crippen LogP) is 2.42. The second-order valence-corrected chi connectivity index (χ2v) is 11.7. The summed E-state index contributed by atoms with van der Waals surface area (Å²) in [6.07, 6.45) is 6.47. The maximum atomic E-state index is 13.5. The van der Waals surface area contributed by atoms with Crippen molar-refractivity contribution in [2.75, 3.05) is 66.0 Å². The van der Waals surface area contributed by atoms with Crippen LogP contribution in [0.1, 0.15) is 44.1 Å². The van der Waals surface area contributed by atoms with Crippen LogP contribution in [0, 0.1) is 0 Å². The minimum absolute atomic E-state index is 0.0284. The maximum absolute atomic E-state index is 13.5. The molecule has 0 bridgehead atoms. The van der Waals surface area contributed by atoms with Crippen molar-refractivity contribution in [1.29, 1.82) is 0 Å². The van der Waals surface area contributed by atoms with Crippen molar-refractivity contribution >= 4 is 23.1 Å². The number of hydrogen-bond donors (Lipinski definition) is 1. The van der Waals surface area contributed by atoms with Crippen molar-refractivity contribution in [2.45, 2.75) is 49.6 Å². The normalized spacial score (nSPS) is 25.5. The average molecular weight is 507 g/mol. The van der Waals surface area contributed by atoms with Crippen molar-refractivity contribution in [1.82, 2.24) is 20.0 Å². The Bertz CT molecular complexity index is 828. The van der Waals surface area contributed by atoms with Crippen molar-refractivity contribution in [3.05, 3.63) is 35.9 Å². The number of rotatable bonds is 12. The average Bonchev–Trinajstić information content (AvgIpc) is 3.09. The number of carbonyl (C=O) groups is 2. The zero-order chi connectivity index (χ0) is 25.5. The molecule has 3 amide bonds. The van der Waals surface area contributed by atoms with Crippen molar-refractivity contribution in [2.24, 2.45) is 0 Å². The Balaban J connectivity index is 1.70. The lowest BCUT2D eigenvalue weighted by Gasteiger charge is -2.51. The van der Waals surface area contributed by atoms with Crippen LogP contribution in [0.5, 0.6) is 0 Å². The van der Waals surface area contributed by atoms with E-state index in [2.05, 4.69) is 59.5 Å². The Kier molecular flexibility index (Phi) is 9.86. The summed E-state index contributed by atoms with van der Waals surface area (Å²) >= 11 is -0.934. The summed E-state index contributed by atoms with van der Waals surface area (Å²) < 4.78 is 16.5. The van der Waals surface area contributed by atoms with Crippen molar-refractivity contribution in [3.63, 3.8) is 0 Å². The van der Waals surface area contributed by atoms with Crippen LogP contribution in [0.3, 0.4) is 0 Å². The first-order valence-electron chi connectivity index (χ1n) is 12.6. The molecule has 1 spiro atoms. The molecule has 2 fully saturated rings. The number of methoxy groups -OCH3 is 1. The van der Waals surface area contributed by atoms with Crippen molar-refractivity contribution < 1.29 is 18.9 Å². The number of amides is 3. The Morgan fingerprint density at radius 2 is 1.86 bits per heavy atom. The van der Waals surface area contributed by atoms with E-state index in [-0.39, 0.29) is 29.4 Å². The van der Waals surface area contributed by atoms with E-state index in [0.717, 1.165) is 32.1 Å². The van der Waals surface area contributed by atoms with Crippen LogP contribution in [0.2, 0.25) is 0 Å². The SMILES string of the molecule is COCCCN1C(=O)N(CCC(=O)NCC[S+](C)[O-])C[C@]12CC[C@](c1ccccc1)(N(C)C)CC2. The third-order valence-corrected chi connectivity index (χ3v) is 8.56. The van der Waals surface area contributed by atoms with Gasteiger partial charge in [0.2, 0.25) is 5.91 Å². The highest BCUT2D eigenvalue weighted by Crippen LogP contribution is 2.48. The molecule has 2 aliphatic rings. The van der Waals surface area contributed by atoms with Crippen LogP contribution < -0.4 is 5.32 Å². The van der Waals surface area contributed by atoms with E-state index in [9.17, 15) is 14.1 Å². The molecule has 3 rings (SSSR count). The fourth-order valence-corrected chi connectivity index (χ4v) is 6.10. The Morgan fingerprint density at radius 3 is 2.46 bits per heavy atom. The third-order valence-electron chi connectivity index (χ3n) is 7.78. The van der Waals surface area contributed by atoms with Crippen LogP contribution in [0.25, 0.3) is 0 Å². The van der Waals surface area contributed by atoms with Gasteiger partial charge in [0.25, 0.3) is 0 Å². The van der Waals surface area contributed by atoms with Gasteiger partial charge in [0.05, 0.1) is 18.3 Å². The standard InChI is InChI=1S/C26H42N4O4S/c1-28(2)26(22-9-6-5-7-10-22)14-12-25(13-15-26)21-29(24(32)30(25)17-8-19-34-3)18-11-23(31)27-16-20-35(4)33/h5-7,9-10H,8,11-21H2,1-4H3,(H,27,31)/t25-,26+,35?. The van der Waals surface area contributed by atoms with Gasteiger partial charge in [-0.25, -0.2) is 4.79 Å². The number of nitrogens with zero attached hydrogens (tertiary/aromatic N) is 3. The van der Waals surface area contributed by atoms with E-state index in [0.29, 0.717) is 38.5 Å². The highest BCUT2D eigenvalue weighted by atomic mass is 32.2. The molecular weight excluding hydrogens is 464 g/mol. The molecule has 0 aromatic heterocycles. The van der Waals surface area contributed by atoms with Gasteiger partial charge in [-0.15, -0.1) is 0 Å². The predicted molar refractivity (Wildman–Crippen MR) is 140 cm³/mol. The molecule has 1 aromatic rings. The van der Waals surface area contributed by atoms with Crippen LogP contribution in [0.15, 0.2) is 30.3 Å². The van der Waals surface area contributed by atoms with Crippen LogP contribution >= 0.6 is 0 Å². The molecule has 35 heavy (non-hydrogen) atoms. The molecule has 0 radical (unpaired) electrons. The summed E-state index contributed by atoms with van der Waals surface area (Å²) in [7, 11) is 5.99. The van der Waals surface area contributed by atoms with Crippen molar-refractivity contribution in [3.8, 4) is 0 Å². The number of carbonyl (C=O) groups excluding carboxylic acids is 2. The minimum atomic E-state index is -0.934. The lowest BCUT2D eigenvalue weighted by atomic mass is 9.68. The van der Waals surface area contributed by atoms with E-state index >= 15 is 0 Å². The highest BCUT2D eigenvalue weighted by molar-refractivity contribution is 7.90. The molecule has 1 aliphatic heterocycles. The van der Waals surface area contributed by atoms with Gasteiger partial charge in [0.1, 0.15) is 5.75 Å². The lowest BCUT2D eigenvalue weighted by molar-refractivity contribution is -0.121. The molecule has 1 aliphatic carbocycles. The monoisotopic (exact) mass is 506 g/mol. The van der Waals surface area contributed by atoms with E-state index in [1.165, 1.54) is 5.56 Å². The summed E-state index contributed by atoms with van der Waals surface area (Å²) in [5.41, 5.74) is 1.08. The molecule has 1 aromatic carbocycles. The van der Waals surface area contributed by atoms with Gasteiger partial charge >= 0.3 is 6.03 Å². The highest BCUT2D eigenvalue weighted by Gasteiger charge is 2.54. The molecule has 196 valence electrons. The number of ether oxygens (including phenoxy) is 1. The first-order valence-corrected chi connectivity index (χ1v) is 14.3. The second kappa shape index (κ2) is 12.4. The number of hydrogen-bond acceptors (Lipinski definition) is 5. The summed E-state index contributed by atoms with van der Waals surface area (Å²) in [4.78, 5) is 32.0. The Hall–Kier alpha value is -1.81. The third kappa shape index (κ3) is 6.50. The van der Waals surface area contributed by atoms with E-state index in [4.69, 9.17) is 4.74 Å². The molecule has 1 atom stereocenters. The maximum Gasteiger partial charge on any atom is 0.320 e. The Labute approximate surface area is 213 Å². The zero-order valence-corrected chi connectivity index (χ0v) is 22.6. The van der Waals surface area contributed by atoms with Gasteiger partial charge in [-0.2, -0.15) is 0 Å². The number of urea groups is 1. The number of nitrogens with one attached hydrogen (secondary N) is 1. The van der Waals surface area contributed by atoms with Crippen LogP contribution in [-0.4, -0.2) is 103 Å². The molecular formula is C26H42N4O4S. The van der Waals surface area contributed by atoms with Crippen LogP contribution in [0.4, 0.5) is 4.79 Å². The first kappa shape index (κ1) is 27.8. The smallest absolute Gasteiger partial charge is 0.320 e. The first-order chi connectivity index (χ1) is 16.7. The fourth-order valence-electron chi connectivity index (χ4n) is 5.71. The quantitative estimate of drug-likeness (QED) is 0.348. The Morgan fingerprint density at radius 1 is 1.17 bits per heavy atom. The number of benzene rings is 1. The van der Waals surface area contributed by atoms with Gasteiger partial charge in [0, 0.05) is 45.3 Å². The summed E-state index contributed by atoms with van der Waals surface area (Å²) in [5, 5.41) is 2.81. The lowest BCUT2D eigenvalue weighted by Crippen LogP contribution is -2.55. The van der Waals surface area contributed by atoms with E-state index in [1.807, 2.05) is 4.90 Å². The summed E-state index contributed by atoms with van der Waals surface area (Å²) in [5.74, 6) is 0.342. The second-order valence-electron chi connectivity index (χ2n) is 10.1. The van der Waals surface area contributed by atoms with Crippen LogP contribution in [-0.2, 0) is 26.2 Å². The van der Waals surface area contributed by atoms with E-state index in [1.54, 1.807) is 13.4 Å². The zero-order valence-electron chi connectivity index (χ0n) is 21.8. The molecule has 1 saturated heterocycles. The van der Waals surface area contributed by atoms with Gasteiger partial charge in [-0.1, -0.05) is 41.5 Å². The minimum Gasteiger partial charge on any atom is -0.617 e. The molecule has 1 saturated carbocycles. The van der Waals surface area contributed by atoms with Gasteiger partial charge in [0.15, 0.2) is 0 Å². The van der Waals surface area contributed by atoms with Gasteiger partial charge < -0.3 is 24.4 Å². The molecule has 8 nitrogen and oxygen atoms in total. The topological polar surface area (TPSA) is 88.2 Å². The largest absolute Gasteiger partial charge is 0.617 e. The van der Waals surface area contributed by atoms with E-state index < -0.39 is 11.2 Å². The summed E-state index contributed by atoms with van der Waals surface area (Å²) in [6, 6.07) is 10.7. The fraction of sp³-hybridized carbons (Fsp3) is 0.692. The van der Waals surface area contributed by atoms with Gasteiger partial charge in [-0.05, 0) is 51.8 Å². The molecule has 1 heterocycles. The molecule has 9 heteroatoms. The summed E-state index contributed by atoms with van der Waals surface area (Å²) in [6.45, 7) is 2.74. The molecule has 1 N–H and O–H groups in total.